The lowest BCUT2D eigenvalue weighted by atomic mass is 9.94. The van der Waals surface area contributed by atoms with Crippen molar-refractivity contribution in [3.05, 3.63) is 59.4 Å². The van der Waals surface area contributed by atoms with E-state index in [1.807, 2.05) is 19.1 Å². The van der Waals surface area contributed by atoms with Crippen molar-refractivity contribution in [2.24, 2.45) is 5.73 Å². The van der Waals surface area contributed by atoms with Gasteiger partial charge in [0.15, 0.2) is 0 Å². The van der Waals surface area contributed by atoms with Crippen molar-refractivity contribution < 1.29 is 4.39 Å². The molecule has 0 aliphatic carbocycles. The molecule has 0 amide bonds. The van der Waals surface area contributed by atoms with Crippen LogP contribution in [-0.4, -0.2) is 0 Å². The predicted molar refractivity (Wildman–Crippen MR) is 73.8 cm³/mol. The molecular formula is C16H18FN. The normalized spacial score (nSPS) is 12.4. The average Bonchev–Trinajstić information content (AvgIpc) is 2.38. The van der Waals surface area contributed by atoms with Gasteiger partial charge in [-0.05, 0) is 47.7 Å². The first kappa shape index (κ1) is 12.8. The maximum Gasteiger partial charge on any atom is 0.123 e. The van der Waals surface area contributed by atoms with Gasteiger partial charge in [0, 0.05) is 6.04 Å². The Morgan fingerprint density at radius 1 is 1.17 bits per heavy atom. The Balaban J connectivity index is 2.57. The second-order valence-electron chi connectivity index (χ2n) is 4.57. The van der Waals surface area contributed by atoms with Crippen molar-refractivity contribution in [3.8, 4) is 11.1 Å². The Hall–Kier alpha value is -1.67. The van der Waals surface area contributed by atoms with Crippen molar-refractivity contribution in [3.63, 3.8) is 0 Å². The standard InChI is InChI=1S/C16H18FN/c1-3-12-5-4-6-13(9-12)16-10-14(17)7-8-15(16)11(2)18/h4-11H,3,18H2,1-2H3. The molecule has 0 aliphatic rings. The highest BCUT2D eigenvalue weighted by Gasteiger charge is 2.10. The Morgan fingerprint density at radius 3 is 2.61 bits per heavy atom. The molecule has 0 fully saturated rings. The molecule has 0 spiro atoms. The van der Waals surface area contributed by atoms with Crippen LogP contribution in [0.25, 0.3) is 11.1 Å². The number of benzene rings is 2. The smallest absolute Gasteiger partial charge is 0.123 e. The van der Waals surface area contributed by atoms with Crippen LogP contribution in [0.15, 0.2) is 42.5 Å². The third kappa shape index (κ3) is 2.59. The highest BCUT2D eigenvalue weighted by molar-refractivity contribution is 5.68. The lowest BCUT2D eigenvalue weighted by Gasteiger charge is -2.14. The minimum atomic E-state index is -0.226. The molecule has 2 heteroatoms. The van der Waals surface area contributed by atoms with Gasteiger partial charge in [0.05, 0.1) is 0 Å². The first-order chi connectivity index (χ1) is 8.61. The van der Waals surface area contributed by atoms with Gasteiger partial charge in [0.2, 0.25) is 0 Å². The zero-order chi connectivity index (χ0) is 13.1. The van der Waals surface area contributed by atoms with E-state index in [0.717, 1.165) is 23.1 Å². The fourth-order valence-corrected chi connectivity index (χ4v) is 2.13. The number of hydrogen-bond acceptors (Lipinski definition) is 1. The molecule has 2 aromatic rings. The summed E-state index contributed by atoms with van der Waals surface area (Å²) in [5.41, 5.74) is 10.1. The third-order valence-corrected chi connectivity index (χ3v) is 3.15. The van der Waals surface area contributed by atoms with Gasteiger partial charge in [-0.3, -0.25) is 0 Å². The minimum Gasteiger partial charge on any atom is -0.324 e. The molecule has 2 N–H and O–H groups in total. The summed E-state index contributed by atoms with van der Waals surface area (Å²) in [5.74, 6) is -0.226. The molecule has 18 heavy (non-hydrogen) atoms. The second-order valence-corrected chi connectivity index (χ2v) is 4.57. The molecule has 0 saturated heterocycles. The van der Waals surface area contributed by atoms with Crippen LogP contribution < -0.4 is 5.73 Å². The molecule has 0 bridgehead atoms. The molecule has 2 rings (SSSR count). The van der Waals surface area contributed by atoms with E-state index in [-0.39, 0.29) is 11.9 Å². The maximum absolute atomic E-state index is 13.4. The van der Waals surface area contributed by atoms with Gasteiger partial charge in [-0.1, -0.05) is 37.3 Å². The summed E-state index contributed by atoms with van der Waals surface area (Å²) in [7, 11) is 0. The molecule has 0 heterocycles. The molecule has 2 aromatic carbocycles. The monoisotopic (exact) mass is 243 g/mol. The molecule has 0 aromatic heterocycles. The fraction of sp³-hybridized carbons (Fsp3) is 0.250. The summed E-state index contributed by atoms with van der Waals surface area (Å²) in [6, 6.07) is 12.9. The Morgan fingerprint density at radius 2 is 1.94 bits per heavy atom. The lowest BCUT2D eigenvalue weighted by Crippen LogP contribution is -2.07. The van der Waals surface area contributed by atoms with Crippen molar-refractivity contribution in [2.75, 3.05) is 0 Å². The molecule has 94 valence electrons. The molecule has 0 aliphatic heterocycles. The van der Waals surface area contributed by atoms with E-state index in [2.05, 4.69) is 19.1 Å². The Labute approximate surface area is 107 Å². The maximum atomic E-state index is 13.4. The topological polar surface area (TPSA) is 26.0 Å². The van der Waals surface area contributed by atoms with Crippen LogP contribution >= 0.6 is 0 Å². The number of hydrogen-bond donors (Lipinski definition) is 1. The van der Waals surface area contributed by atoms with Crippen LogP contribution in [0, 0.1) is 5.82 Å². The van der Waals surface area contributed by atoms with Gasteiger partial charge in [0.25, 0.3) is 0 Å². The molecule has 0 saturated carbocycles. The Bertz CT molecular complexity index is 547. The summed E-state index contributed by atoms with van der Waals surface area (Å²) in [5, 5.41) is 0. The fourth-order valence-electron chi connectivity index (χ4n) is 2.13. The summed E-state index contributed by atoms with van der Waals surface area (Å²) >= 11 is 0. The average molecular weight is 243 g/mol. The van der Waals surface area contributed by atoms with E-state index in [1.54, 1.807) is 12.1 Å². The summed E-state index contributed by atoms with van der Waals surface area (Å²) in [6.07, 6.45) is 0.969. The SMILES string of the molecule is CCc1cccc(-c2cc(F)ccc2C(C)N)c1. The van der Waals surface area contributed by atoms with Crippen molar-refractivity contribution >= 4 is 0 Å². The van der Waals surface area contributed by atoms with Gasteiger partial charge < -0.3 is 5.73 Å². The number of halogens is 1. The highest BCUT2D eigenvalue weighted by Crippen LogP contribution is 2.28. The molecule has 1 unspecified atom stereocenters. The summed E-state index contributed by atoms with van der Waals surface area (Å²) < 4.78 is 13.4. The van der Waals surface area contributed by atoms with Crippen LogP contribution in [0.3, 0.4) is 0 Å². The minimum absolute atomic E-state index is 0.106. The van der Waals surface area contributed by atoms with Crippen LogP contribution in [0.1, 0.15) is 31.0 Å². The molecular weight excluding hydrogens is 225 g/mol. The highest BCUT2D eigenvalue weighted by atomic mass is 19.1. The molecule has 1 nitrogen and oxygen atoms in total. The first-order valence-corrected chi connectivity index (χ1v) is 6.26. The van der Waals surface area contributed by atoms with Crippen LogP contribution in [0.2, 0.25) is 0 Å². The molecule has 0 radical (unpaired) electrons. The zero-order valence-electron chi connectivity index (χ0n) is 10.8. The lowest BCUT2D eigenvalue weighted by molar-refractivity contribution is 0.626. The van der Waals surface area contributed by atoms with Gasteiger partial charge in [-0.2, -0.15) is 0 Å². The first-order valence-electron chi connectivity index (χ1n) is 6.26. The van der Waals surface area contributed by atoms with Crippen molar-refractivity contribution in [1.82, 2.24) is 0 Å². The predicted octanol–water partition coefficient (Wildman–Crippen LogP) is 4.07. The Kier molecular flexibility index (Phi) is 3.78. The zero-order valence-corrected chi connectivity index (χ0v) is 10.8. The summed E-state index contributed by atoms with van der Waals surface area (Å²) in [4.78, 5) is 0. The third-order valence-electron chi connectivity index (χ3n) is 3.15. The van der Waals surface area contributed by atoms with Gasteiger partial charge >= 0.3 is 0 Å². The largest absolute Gasteiger partial charge is 0.324 e. The number of nitrogens with two attached hydrogens (primary N) is 1. The second kappa shape index (κ2) is 5.32. The van der Waals surface area contributed by atoms with E-state index >= 15 is 0 Å². The van der Waals surface area contributed by atoms with E-state index in [0.29, 0.717) is 0 Å². The summed E-state index contributed by atoms with van der Waals surface area (Å²) in [6.45, 7) is 4.03. The van der Waals surface area contributed by atoms with Crippen LogP contribution in [-0.2, 0) is 6.42 Å². The molecule has 1 atom stereocenters. The van der Waals surface area contributed by atoms with E-state index in [9.17, 15) is 4.39 Å². The number of rotatable bonds is 3. The van der Waals surface area contributed by atoms with Crippen molar-refractivity contribution in [1.29, 1.82) is 0 Å². The van der Waals surface area contributed by atoms with Gasteiger partial charge in [0.1, 0.15) is 5.82 Å². The van der Waals surface area contributed by atoms with E-state index in [1.165, 1.54) is 11.6 Å². The quantitative estimate of drug-likeness (QED) is 0.863. The number of aryl methyl sites for hydroxylation is 1. The van der Waals surface area contributed by atoms with Crippen LogP contribution in [0.4, 0.5) is 4.39 Å². The van der Waals surface area contributed by atoms with Gasteiger partial charge in [-0.25, -0.2) is 4.39 Å². The van der Waals surface area contributed by atoms with Gasteiger partial charge in [-0.15, -0.1) is 0 Å². The van der Waals surface area contributed by atoms with Crippen LogP contribution in [0.5, 0.6) is 0 Å². The van der Waals surface area contributed by atoms with E-state index < -0.39 is 0 Å². The van der Waals surface area contributed by atoms with E-state index in [4.69, 9.17) is 5.73 Å². The van der Waals surface area contributed by atoms with Crippen molar-refractivity contribution in [2.45, 2.75) is 26.3 Å².